The standard InChI is InChI=1S/C23H23N3O/c1-16(27)24-20-14-12-19(13-15-20)23-25-21(17-8-4-2-5-9-17)22(26-23)18-10-6-3-7-11-18/h2-6,8-10,12-16,24,27H,7,11H2,1H3,(H,25,26). The number of aliphatic hydroxyl groups excluding tert-OH is 1. The molecule has 27 heavy (non-hydrogen) atoms. The first-order chi connectivity index (χ1) is 13.2. The molecule has 1 aliphatic carbocycles. The minimum Gasteiger partial charge on any atom is -0.374 e. The first-order valence-electron chi connectivity index (χ1n) is 9.27. The van der Waals surface area contributed by atoms with Crippen molar-refractivity contribution in [3.63, 3.8) is 0 Å². The van der Waals surface area contributed by atoms with E-state index in [0.29, 0.717) is 0 Å². The number of hydrogen-bond acceptors (Lipinski definition) is 3. The molecular formula is C23H23N3O. The van der Waals surface area contributed by atoms with Crippen molar-refractivity contribution in [2.45, 2.75) is 26.0 Å². The molecule has 1 aromatic heterocycles. The molecule has 1 heterocycles. The Morgan fingerprint density at radius 1 is 1.04 bits per heavy atom. The van der Waals surface area contributed by atoms with Gasteiger partial charge in [-0.2, -0.15) is 0 Å². The molecule has 0 amide bonds. The van der Waals surface area contributed by atoms with Gasteiger partial charge in [-0.15, -0.1) is 0 Å². The monoisotopic (exact) mass is 357 g/mol. The van der Waals surface area contributed by atoms with Crippen LogP contribution in [0.15, 0.2) is 72.8 Å². The molecule has 0 saturated carbocycles. The molecule has 4 heteroatoms. The van der Waals surface area contributed by atoms with Gasteiger partial charge < -0.3 is 15.4 Å². The second-order valence-corrected chi connectivity index (χ2v) is 6.73. The summed E-state index contributed by atoms with van der Waals surface area (Å²) < 4.78 is 0. The topological polar surface area (TPSA) is 60.9 Å². The summed E-state index contributed by atoms with van der Waals surface area (Å²) in [6.45, 7) is 1.70. The van der Waals surface area contributed by atoms with E-state index in [0.717, 1.165) is 46.9 Å². The third-order valence-electron chi connectivity index (χ3n) is 4.62. The van der Waals surface area contributed by atoms with Crippen LogP contribution in [0.25, 0.3) is 28.2 Å². The van der Waals surface area contributed by atoms with E-state index < -0.39 is 6.23 Å². The lowest BCUT2D eigenvalue weighted by Crippen LogP contribution is -2.12. The Morgan fingerprint density at radius 2 is 1.81 bits per heavy atom. The molecule has 0 aliphatic heterocycles. The number of imidazole rings is 1. The summed E-state index contributed by atoms with van der Waals surface area (Å²) in [7, 11) is 0. The Bertz CT molecular complexity index is 967. The predicted octanol–water partition coefficient (Wildman–Crippen LogP) is 5.23. The van der Waals surface area contributed by atoms with E-state index >= 15 is 0 Å². The molecule has 0 fully saturated rings. The van der Waals surface area contributed by atoms with Gasteiger partial charge in [0.25, 0.3) is 0 Å². The van der Waals surface area contributed by atoms with Gasteiger partial charge in [0.05, 0.1) is 11.4 Å². The highest BCUT2D eigenvalue weighted by Gasteiger charge is 2.17. The molecule has 136 valence electrons. The number of allylic oxidation sites excluding steroid dienone is 4. The van der Waals surface area contributed by atoms with E-state index in [-0.39, 0.29) is 0 Å². The number of H-pyrrole nitrogens is 1. The number of aromatic nitrogens is 2. The average Bonchev–Trinajstić information content (AvgIpc) is 3.15. The highest BCUT2D eigenvalue weighted by Crippen LogP contribution is 2.33. The quantitative estimate of drug-likeness (QED) is 0.548. The van der Waals surface area contributed by atoms with E-state index in [1.54, 1.807) is 6.92 Å². The van der Waals surface area contributed by atoms with Crippen LogP contribution in [0.1, 0.15) is 25.5 Å². The normalized spacial score (nSPS) is 14.7. The molecule has 0 saturated heterocycles. The first-order valence-corrected chi connectivity index (χ1v) is 9.27. The maximum absolute atomic E-state index is 9.46. The van der Waals surface area contributed by atoms with Crippen LogP contribution in [0.2, 0.25) is 0 Å². The molecule has 1 atom stereocenters. The zero-order chi connectivity index (χ0) is 18.6. The van der Waals surface area contributed by atoms with Gasteiger partial charge >= 0.3 is 0 Å². The Morgan fingerprint density at radius 3 is 2.48 bits per heavy atom. The SMILES string of the molecule is CC(O)Nc1ccc(-c2nc(C3=CC=CCC3)c(-c3ccccc3)[nH]2)cc1. The summed E-state index contributed by atoms with van der Waals surface area (Å²) in [5.41, 5.74) is 6.36. The van der Waals surface area contributed by atoms with Crippen LogP contribution in [0.5, 0.6) is 0 Å². The van der Waals surface area contributed by atoms with Crippen molar-refractivity contribution in [2.24, 2.45) is 0 Å². The van der Waals surface area contributed by atoms with Gasteiger partial charge in [-0.3, -0.25) is 0 Å². The van der Waals surface area contributed by atoms with Crippen molar-refractivity contribution >= 4 is 11.3 Å². The van der Waals surface area contributed by atoms with Gasteiger partial charge in [-0.25, -0.2) is 4.98 Å². The minimum absolute atomic E-state index is 0.581. The van der Waals surface area contributed by atoms with Gasteiger partial charge in [-0.1, -0.05) is 48.6 Å². The van der Waals surface area contributed by atoms with Gasteiger partial charge in [0, 0.05) is 16.8 Å². The van der Waals surface area contributed by atoms with Crippen molar-refractivity contribution < 1.29 is 5.11 Å². The number of hydrogen-bond donors (Lipinski definition) is 3. The molecule has 0 radical (unpaired) electrons. The summed E-state index contributed by atoms with van der Waals surface area (Å²) in [4.78, 5) is 8.47. The number of nitrogens with zero attached hydrogens (tertiary/aromatic N) is 1. The van der Waals surface area contributed by atoms with Crippen molar-refractivity contribution in [3.8, 4) is 22.6 Å². The number of rotatable bonds is 5. The number of aliphatic hydroxyl groups is 1. The van der Waals surface area contributed by atoms with Gasteiger partial charge in [-0.05, 0) is 49.6 Å². The number of anilines is 1. The fraction of sp³-hybridized carbons (Fsp3) is 0.174. The number of benzene rings is 2. The van der Waals surface area contributed by atoms with Gasteiger partial charge in [0.2, 0.25) is 0 Å². The average molecular weight is 357 g/mol. The maximum atomic E-state index is 9.46. The lowest BCUT2D eigenvalue weighted by Gasteiger charge is -2.09. The molecule has 0 bridgehead atoms. The van der Waals surface area contributed by atoms with E-state index in [1.165, 1.54) is 5.57 Å². The summed E-state index contributed by atoms with van der Waals surface area (Å²) in [6, 6.07) is 18.3. The molecule has 1 unspecified atom stereocenters. The number of aromatic amines is 1. The van der Waals surface area contributed by atoms with Crippen molar-refractivity contribution in [1.29, 1.82) is 0 Å². The van der Waals surface area contributed by atoms with Crippen molar-refractivity contribution in [1.82, 2.24) is 9.97 Å². The molecule has 3 N–H and O–H groups in total. The molecule has 4 rings (SSSR count). The van der Waals surface area contributed by atoms with Crippen LogP contribution >= 0.6 is 0 Å². The fourth-order valence-corrected chi connectivity index (χ4v) is 3.32. The van der Waals surface area contributed by atoms with E-state index in [1.807, 2.05) is 42.5 Å². The zero-order valence-corrected chi connectivity index (χ0v) is 15.3. The fourth-order valence-electron chi connectivity index (χ4n) is 3.32. The van der Waals surface area contributed by atoms with E-state index in [2.05, 4.69) is 40.7 Å². The van der Waals surface area contributed by atoms with Gasteiger partial charge in [0.15, 0.2) is 0 Å². The second kappa shape index (κ2) is 7.64. The second-order valence-electron chi connectivity index (χ2n) is 6.73. The third kappa shape index (κ3) is 3.86. The molecule has 3 aromatic rings. The highest BCUT2D eigenvalue weighted by molar-refractivity contribution is 5.80. The lowest BCUT2D eigenvalue weighted by molar-refractivity contribution is 0.224. The molecule has 4 nitrogen and oxygen atoms in total. The number of nitrogens with one attached hydrogen (secondary N) is 2. The maximum Gasteiger partial charge on any atom is 0.138 e. The zero-order valence-electron chi connectivity index (χ0n) is 15.3. The predicted molar refractivity (Wildman–Crippen MR) is 111 cm³/mol. The molecule has 1 aliphatic rings. The molecular weight excluding hydrogens is 334 g/mol. The largest absolute Gasteiger partial charge is 0.374 e. The van der Waals surface area contributed by atoms with E-state index in [9.17, 15) is 5.11 Å². The van der Waals surface area contributed by atoms with Crippen molar-refractivity contribution in [2.75, 3.05) is 5.32 Å². The van der Waals surface area contributed by atoms with Gasteiger partial charge in [0.1, 0.15) is 12.1 Å². The van der Waals surface area contributed by atoms with Crippen LogP contribution in [0.4, 0.5) is 5.69 Å². The summed E-state index contributed by atoms with van der Waals surface area (Å²) in [6.07, 6.45) is 7.92. The van der Waals surface area contributed by atoms with Crippen LogP contribution in [-0.2, 0) is 0 Å². The molecule has 2 aromatic carbocycles. The van der Waals surface area contributed by atoms with E-state index in [4.69, 9.17) is 4.98 Å². The summed E-state index contributed by atoms with van der Waals surface area (Å²) in [5.74, 6) is 0.850. The highest BCUT2D eigenvalue weighted by atomic mass is 16.3. The molecule has 0 spiro atoms. The Kier molecular flexibility index (Phi) is 4.90. The Hall–Kier alpha value is -3.11. The van der Waals surface area contributed by atoms with Crippen LogP contribution in [0.3, 0.4) is 0 Å². The first kappa shape index (κ1) is 17.3. The minimum atomic E-state index is -0.581. The van der Waals surface area contributed by atoms with Crippen molar-refractivity contribution in [3.05, 3.63) is 78.5 Å². The summed E-state index contributed by atoms with van der Waals surface area (Å²) in [5, 5.41) is 12.4. The smallest absolute Gasteiger partial charge is 0.138 e. The lowest BCUT2D eigenvalue weighted by atomic mass is 9.98. The Labute approximate surface area is 159 Å². The van der Waals surface area contributed by atoms with Crippen LogP contribution in [-0.4, -0.2) is 21.3 Å². The third-order valence-corrected chi connectivity index (χ3v) is 4.62. The summed E-state index contributed by atoms with van der Waals surface area (Å²) >= 11 is 0. The van der Waals surface area contributed by atoms with Crippen LogP contribution < -0.4 is 5.32 Å². The van der Waals surface area contributed by atoms with Crippen LogP contribution in [0, 0.1) is 0 Å². The Balaban J connectivity index is 1.75.